The molecular formula is C19H15N5O4S. The van der Waals surface area contributed by atoms with Crippen molar-refractivity contribution >= 4 is 27.0 Å². The molecular weight excluding hydrogens is 394 g/mol. The first kappa shape index (κ1) is 18.6. The fourth-order valence-corrected chi connectivity index (χ4v) is 4.19. The van der Waals surface area contributed by atoms with Crippen molar-refractivity contribution in [3.8, 4) is 11.3 Å². The molecule has 0 unspecified atom stereocenters. The number of hydrogen-bond acceptors (Lipinski definition) is 6. The minimum Gasteiger partial charge on any atom is -0.269 e. The molecule has 2 aromatic heterocycles. The van der Waals surface area contributed by atoms with Crippen LogP contribution in [0.1, 0.15) is 0 Å². The normalized spacial score (nSPS) is 11.5. The Kier molecular flexibility index (Phi) is 4.47. The van der Waals surface area contributed by atoms with Gasteiger partial charge in [0.2, 0.25) is 5.65 Å². The Morgan fingerprint density at radius 1 is 1.07 bits per heavy atom. The number of fused-ring (bicyclic) bond motifs is 1. The van der Waals surface area contributed by atoms with E-state index in [1.165, 1.54) is 34.2 Å². The monoisotopic (exact) mass is 409 g/mol. The van der Waals surface area contributed by atoms with Crippen LogP contribution < -0.4 is 4.31 Å². The fraction of sp³-hybridized carbons (Fsp3) is 0.0526. The predicted molar refractivity (Wildman–Crippen MR) is 107 cm³/mol. The summed E-state index contributed by atoms with van der Waals surface area (Å²) in [6, 6.07) is 16.6. The maximum atomic E-state index is 12.9. The van der Waals surface area contributed by atoms with E-state index in [2.05, 4.69) is 10.1 Å². The average molecular weight is 409 g/mol. The maximum absolute atomic E-state index is 12.9. The molecule has 2 aromatic carbocycles. The molecule has 0 saturated heterocycles. The van der Waals surface area contributed by atoms with Crippen LogP contribution in [0.4, 0.5) is 11.4 Å². The van der Waals surface area contributed by atoms with Crippen LogP contribution in [-0.4, -0.2) is 35.0 Å². The molecule has 10 heteroatoms. The van der Waals surface area contributed by atoms with Crippen LogP contribution in [0, 0.1) is 10.1 Å². The van der Waals surface area contributed by atoms with E-state index < -0.39 is 14.9 Å². The molecule has 0 aliphatic heterocycles. The molecule has 0 atom stereocenters. The first-order chi connectivity index (χ1) is 13.9. The van der Waals surface area contributed by atoms with E-state index in [0.717, 1.165) is 6.20 Å². The van der Waals surface area contributed by atoms with Crippen LogP contribution in [0.15, 0.2) is 78.0 Å². The molecule has 2 heterocycles. The van der Waals surface area contributed by atoms with E-state index in [4.69, 9.17) is 0 Å². The highest BCUT2D eigenvalue weighted by Crippen LogP contribution is 2.29. The molecule has 4 rings (SSSR count). The summed E-state index contributed by atoms with van der Waals surface area (Å²) in [6.07, 6.45) is 2.60. The lowest BCUT2D eigenvalue weighted by Crippen LogP contribution is -2.26. The van der Waals surface area contributed by atoms with Crippen molar-refractivity contribution in [3.63, 3.8) is 0 Å². The van der Waals surface area contributed by atoms with Crippen molar-refractivity contribution in [2.24, 2.45) is 0 Å². The number of anilines is 1. The molecule has 0 amide bonds. The molecule has 0 aliphatic carbocycles. The Morgan fingerprint density at radius 3 is 2.55 bits per heavy atom. The number of rotatable bonds is 5. The summed E-state index contributed by atoms with van der Waals surface area (Å²) in [6.45, 7) is 0. The van der Waals surface area contributed by atoms with Gasteiger partial charge in [-0.3, -0.25) is 14.4 Å². The molecule has 0 aliphatic rings. The number of sulfonamides is 1. The molecule has 0 radical (unpaired) electrons. The van der Waals surface area contributed by atoms with Gasteiger partial charge < -0.3 is 0 Å². The quantitative estimate of drug-likeness (QED) is 0.370. The molecule has 0 N–H and O–H groups in total. The van der Waals surface area contributed by atoms with Crippen molar-refractivity contribution in [2.75, 3.05) is 11.4 Å². The van der Waals surface area contributed by atoms with Crippen molar-refractivity contribution in [3.05, 3.63) is 83.2 Å². The second kappa shape index (κ2) is 6.99. The molecule has 0 spiro atoms. The van der Waals surface area contributed by atoms with Gasteiger partial charge >= 0.3 is 5.69 Å². The second-order valence-corrected chi connectivity index (χ2v) is 8.16. The van der Waals surface area contributed by atoms with Crippen molar-refractivity contribution in [1.29, 1.82) is 0 Å². The lowest BCUT2D eigenvalue weighted by Gasteiger charge is -2.20. The molecule has 4 aromatic rings. The van der Waals surface area contributed by atoms with Crippen LogP contribution in [0.2, 0.25) is 0 Å². The standard InChI is InChI=1S/C19H15N5O4S/c1-22(29(27,28)16-8-3-2-4-9-16)15-7-5-6-14(12-15)17-10-11-20-19-18(24(25)26)13-21-23(17)19/h2-13H,1H3. The topological polar surface area (TPSA) is 111 Å². The van der Waals surface area contributed by atoms with Crippen molar-refractivity contribution in [1.82, 2.24) is 14.6 Å². The summed E-state index contributed by atoms with van der Waals surface area (Å²) >= 11 is 0. The smallest absolute Gasteiger partial charge is 0.269 e. The van der Waals surface area contributed by atoms with E-state index in [-0.39, 0.29) is 16.2 Å². The van der Waals surface area contributed by atoms with Gasteiger partial charge in [0.15, 0.2) is 0 Å². The van der Waals surface area contributed by atoms with E-state index in [0.29, 0.717) is 16.9 Å². The number of nitrogens with zero attached hydrogens (tertiary/aromatic N) is 5. The summed E-state index contributed by atoms with van der Waals surface area (Å²) in [5, 5.41) is 15.2. The Hall–Kier alpha value is -3.79. The zero-order valence-electron chi connectivity index (χ0n) is 15.2. The van der Waals surface area contributed by atoms with E-state index in [9.17, 15) is 18.5 Å². The highest BCUT2D eigenvalue weighted by Gasteiger charge is 2.22. The largest absolute Gasteiger partial charge is 0.333 e. The van der Waals surface area contributed by atoms with Crippen LogP contribution in [0.5, 0.6) is 0 Å². The number of nitro groups is 1. The Bertz CT molecular complexity index is 1320. The fourth-order valence-electron chi connectivity index (χ4n) is 2.98. The van der Waals surface area contributed by atoms with Gasteiger partial charge in [-0.1, -0.05) is 30.3 Å². The molecule has 9 nitrogen and oxygen atoms in total. The minimum absolute atomic E-state index is 0.114. The van der Waals surface area contributed by atoms with Crippen LogP contribution in [0.25, 0.3) is 16.9 Å². The van der Waals surface area contributed by atoms with Gasteiger partial charge in [-0.05, 0) is 30.3 Å². The summed E-state index contributed by atoms with van der Waals surface area (Å²) in [7, 11) is -2.26. The van der Waals surface area contributed by atoms with E-state index in [1.807, 2.05) is 0 Å². The minimum atomic E-state index is -3.73. The number of aromatic nitrogens is 3. The van der Waals surface area contributed by atoms with Gasteiger partial charge in [0.1, 0.15) is 6.20 Å². The van der Waals surface area contributed by atoms with Crippen LogP contribution >= 0.6 is 0 Å². The predicted octanol–water partition coefficient (Wildman–Crippen LogP) is 3.13. The highest BCUT2D eigenvalue weighted by atomic mass is 32.2. The molecule has 146 valence electrons. The SMILES string of the molecule is CN(c1cccc(-c2ccnc3c([N+](=O)[O-])cnn23)c1)S(=O)(=O)c1ccccc1. The molecule has 0 bridgehead atoms. The average Bonchev–Trinajstić information content (AvgIpc) is 3.18. The first-order valence-electron chi connectivity index (χ1n) is 8.51. The lowest BCUT2D eigenvalue weighted by molar-refractivity contribution is -0.383. The lowest BCUT2D eigenvalue weighted by atomic mass is 10.1. The van der Waals surface area contributed by atoms with Gasteiger partial charge in [0.05, 0.1) is 21.2 Å². The molecule has 0 fully saturated rings. The summed E-state index contributed by atoms with van der Waals surface area (Å²) in [5.41, 5.74) is 1.55. The zero-order chi connectivity index (χ0) is 20.6. The van der Waals surface area contributed by atoms with Gasteiger partial charge in [-0.15, -0.1) is 0 Å². The van der Waals surface area contributed by atoms with Crippen LogP contribution in [-0.2, 0) is 10.0 Å². The van der Waals surface area contributed by atoms with Crippen LogP contribution in [0.3, 0.4) is 0 Å². The first-order valence-corrected chi connectivity index (χ1v) is 9.95. The third kappa shape index (κ3) is 3.19. The number of benzene rings is 2. The van der Waals surface area contributed by atoms with E-state index in [1.54, 1.807) is 48.5 Å². The number of hydrogen-bond donors (Lipinski definition) is 0. The Morgan fingerprint density at radius 2 is 1.83 bits per heavy atom. The van der Waals surface area contributed by atoms with Gasteiger partial charge in [0.25, 0.3) is 10.0 Å². The Labute approximate surface area is 166 Å². The Balaban J connectivity index is 1.79. The zero-order valence-corrected chi connectivity index (χ0v) is 16.0. The van der Waals surface area contributed by atoms with Gasteiger partial charge in [-0.2, -0.15) is 5.10 Å². The highest BCUT2D eigenvalue weighted by molar-refractivity contribution is 7.92. The van der Waals surface area contributed by atoms with Gasteiger partial charge in [-0.25, -0.2) is 17.9 Å². The van der Waals surface area contributed by atoms with Crippen molar-refractivity contribution in [2.45, 2.75) is 4.90 Å². The third-order valence-electron chi connectivity index (χ3n) is 4.49. The maximum Gasteiger partial charge on any atom is 0.333 e. The molecule has 29 heavy (non-hydrogen) atoms. The summed E-state index contributed by atoms with van der Waals surface area (Å²) in [4.78, 5) is 14.8. The summed E-state index contributed by atoms with van der Waals surface area (Å²) < 4.78 is 28.3. The van der Waals surface area contributed by atoms with E-state index >= 15 is 0 Å². The van der Waals surface area contributed by atoms with Crippen molar-refractivity contribution < 1.29 is 13.3 Å². The third-order valence-corrected chi connectivity index (χ3v) is 6.29. The van der Waals surface area contributed by atoms with Gasteiger partial charge in [0, 0.05) is 18.8 Å². The second-order valence-electron chi connectivity index (χ2n) is 6.19. The molecule has 0 saturated carbocycles. The summed E-state index contributed by atoms with van der Waals surface area (Å²) in [5.74, 6) is 0.